The highest BCUT2D eigenvalue weighted by atomic mass is 32.1. The highest BCUT2D eigenvalue weighted by Gasteiger charge is 2.39. The van der Waals surface area contributed by atoms with Gasteiger partial charge in [0.1, 0.15) is 4.88 Å². The Balaban J connectivity index is 2.30. The molecule has 1 aromatic carbocycles. The van der Waals surface area contributed by atoms with Crippen LogP contribution >= 0.6 is 11.3 Å². The molecule has 8 heteroatoms. The highest BCUT2D eigenvalue weighted by molar-refractivity contribution is 7.17. The molecular weight excluding hydrogens is 305 g/mol. The van der Waals surface area contributed by atoms with Crippen molar-refractivity contribution in [2.24, 2.45) is 0 Å². The Hall–Kier alpha value is -2.09. The molecule has 112 valence electrons. The molecule has 0 amide bonds. The number of nitrogens with zero attached hydrogens (tertiary/aromatic N) is 1. The molecule has 2 N–H and O–H groups in total. The van der Waals surface area contributed by atoms with Gasteiger partial charge in [0.15, 0.2) is 10.8 Å². The van der Waals surface area contributed by atoms with Gasteiger partial charge in [0.2, 0.25) is 0 Å². The Labute approximate surface area is 122 Å². The molecule has 21 heavy (non-hydrogen) atoms. The second kappa shape index (κ2) is 5.72. The first-order chi connectivity index (χ1) is 9.81. The van der Waals surface area contributed by atoms with Crippen LogP contribution in [-0.2, 0) is 12.6 Å². The van der Waals surface area contributed by atoms with E-state index in [1.807, 2.05) is 19.1 Å². The predicted octanol–water partition coefficient (Wildman–Crippen LogP) is 4.17. The fourth-order valence-corrected chi connectivity index (χ4v) is 2.50. The minimum absolute atomic E-state index is 0.107. The van der Waals surface area contributed by atoms with Gasteiger partial charge in [-0.1, -0.05) is 30.4 Å². The summed E-state index contributed by atoms with van der Waals surface area (Å²) < 4.78 is 38.1. The smallest absolute Gasteiger partial charge is 0.435 e. The zero-order valence-corrected chi connectivity index (χ0v) is 11.7. The molecule has 2 aromatic rings. The van der Waals surface area contributed by atoms with Crippen molar-refractivity contribution in [3.63, 3.8) is 0 Å². The van der Waals surface area contributed by atoms with E-state index in [9.17, 15) is 18.0 Å². The number of thiazole rings is 1. The van der Waals surface area contributed by atoms with Crippen LogP contribution in [0.1, 0.15) is 27.9 Å². The Bertz CT molecular complexity index is 650. The average Bonchev–Trinajstić information content (AvgIpc) is 2.84. The summed E-state index contributed by atoms with van der Waals surface area (Å²) in [5, 5.41) is 11.4. The first-order valence-electron chi connectivity index (χ1n) is 5.98. The van der Waals surface area contributed by atoms with E-state index in [1.165, 1.54) is 0 Å². The number of aryl methyl sites for hydroxylation is 1. The summed E-state index contributed by atoms with van der Waals surface area (Å²) in [6.45, 7) is 1.98. The summed E-state index contributed by atoms with van der Waals surface area (Å²) in [5.74, 6) is -1.64. The normalized spacial score (nSPS) is 11.4. The average molecular weight is 316 g/mol. The number of aromatic nitrogens is 1. The summed E-state index contributed by atoms with van der Waals surface area (Å²) in [5.41, 5.74) is 0.251. The second-order valence-corrected chi connectivity index (χ2v) is 5.17. The molecular formula is C13H11F3N2O2S. The number of nitrogens with one attached hydrogen (secondary N) is 1. The number of benzene rings is 1. The Morgan fingerprint density at radius 3 is 2.38 bits per heavy atom. The SMILES string of the molecule is CCc1ccc(Nc2nc(C(F)(F)F)c(C(=O)O)s2)cc1. The van der Waals surface area contributed by atoms with Crippen molar-refractivity contribution in [1.29, 1.82) is 0 Å². The number of carbonyl (C=O) groups is 1. The number of anilines is 2. The van der Waals surface area contributed by atoms with Gasteiger partial charge in [0.05, 0.1) is 0 Å². The molecule has 2 rings (SSSR count). The number of halogens is 3. The highest BCUT2D eigenvalue weighted by Crippen LogP contribution is 2.36. The Morgan fingerprint density at radius 2 is 1.95 bits per heavy atom. The lowest BCUT2D eigenvalue weighted by Gasteiger charge is -2.04. The van der Waals surface area contributed by atoms with Crippen LogP contribution in [0.5, 0.6) is 0 Å². The molecule has 0 bridgehead atoms. The van der Waals surface area contributed by atoms with Crippen molar-refractivity contribution in [2.75, 3.05) is 5.32 Å². The molecule has 0 spiro atoms. The van der Waals surface area contributed by atoms with E-state index < -0.39 is 22.7 Å². The second-order valence-electron chi connectivity index (χ2n) is 4.18. The molecule has 0 unspecified atom stereocenters. The molecule has 0 atom stereocenters. The predicted molar refractivity (Wildman–Crippen MR) is 73.2 cm³/mol. The minimum atomic E-state index is -4.80. The maximum absolute atomic E-state index is 12.7. The quantitative estimate of drug-likeness (QED) is 0.889. The topological polar surface area (TPSA) is 62.2 Å². The van der Waals surface area contributed by atoms with Gasteiger partial charge in [-0.3, -0.25) is 0 Å². The van der Waals surface area contributed by atoms with Crippen molar-refractivity contribution in [3.05, 3.63) is 40.4 Å². The fourth-order valence-electron chi connectivity index (χ4n) is 1.66. The van der Waals surface area contributed by atoms with Crippen molar-refractivity contribution >= 4 is 28.1 Å². The number of alkyl halides is 3. The van der Waals surface area contributed by atoms with Gasteiger partial charge in [0.25, 0.3) is 0 Å². The molecule has 4 nitrogen and oxygen atoms in total. The zero-order valence-electron chi connectivity index (χ0n) is 10.9. The summed E-state index contributed by atoms with van der Waals surface area (Å²) in [4.78, 5) is 13.4. The van der Waals surface area contributed by atoms with E-state index in [-0.39, 0.29) is 5.13 Å². The first-order valence-corrected chi connectivity index (χ1v) is 6.80. The van der Waals surface area contributed by atoms with Crippen LogP contribution in [0.25, 0.3) is 0 Å². The summed E-state index contributed by atoms with van der Waals surface area (Å²) in [6.07, 6.45) is -3.95. The molecule has 0 saturated heterocycles. The lowest BCUT2D eigenvalue weighted by Crippen LogP contribution is -2.11. The van der Waals surface area contributed by atoms with Gasteiger partial charge in [0, 0.05) is 5.69 Å². The van der Waals surface area contributed by atoms with Crippen LogP contribution in [0, 0.1) is 0 Å². The molecule has 0 fully saturated rings. The number of hydrogen-bond donors (Lipinski definition) is 2. The largest absolute Gasteiger partial charge is 0.477 e. The van der Waals surface area contributed by atoms with E-state index >= 15 is 0 Å². The van der Waals surface area contributed by atoms with Gasteiger partial charge in [-0.2, -0.15) is 13.2 Å². The van der Waals surface area contributed by atoms with Crippen LogP contribution < -0.4 is 5.32 Å². The third kappa shape index (κ3) is 3.52. The third-order valence-corrected chi connectivity index (χ3v) is 3.66. The van der Waals surface area contributed by atoms with Gasteiger partial charge >= 0.3 is 12.1 Å². The van der Waals surface area contributed by atoms with E-state index in [1.54, 1.807) is 12.1 Å². The lowest BCUT2D eigenvalue weighted by molar-refractivity contribution is -0.141. The number of carboxylic acids is 1. The standard InChI is InChI=1S/C13H11F3N2O2S/c1-2-7-3-5-8(6-4-7)17-12-18-10(13(14,15)16)9(21-12)11(19)20/h3-6H,2H2,1H3,(H,17,18)(H,19,20). The van der Waals surface area contributed by atoms with Crippen LogP contribution in [0.2, 0.25) is 0 Å². The number of hydrogen-bond acceptors (Lipinski definition) is 4. The Kier molecular flexibility index (Phi) is 4.17. The van der Waals surface area contributed by atoms with Crippen molar-refractivity contribution in [1.82, 2.24) is 4.98 Å². The number of rotatable bonds is 4. The van der Waals surface area contributed by atoms with Crippen molar-refractivity contribution < 1.29 is 23.1 Å². The van der Waals surface area contributed by atoms with Gasteiger partial charge < -0.3 is 10.4 Å². The van der Waals surface area contributed by atoms with E-state index in [2.05, 4.69) is 10.3 Å². The lowest BCUT2D eigenvalue weighted by atomic mass is 10.1. The van der Waals surface area contributed by atoms with Crippen LogP contribution in [0.15, 0.2) is 24.3 Å². The van der Waals surface area contributed by atoms with Gasteiger partial charge in [-0.15, -0.1) is 0 Å². The number of carboxylic acid groups (broad SMARTS) is 1. The summed E-state index contributed by atoms with van der Waals surface area (Å²) in [6, 6.07) is 7.07. The van der Waals surface area contributed by atoms with Crippen LogP contribution in [-0.4, -0.2) is 16.1 Å². The summed E-state index contributed by atoms with van der Waals surface area (Å²) in [7, 11) is 0. The van der Waals surface area contributed by atoms with E-state index in [0.29, 0.717) is 17.0 Å². The van der Waals surface area contributed by atoms with E-state index in [4.69, 9.17) is 5.11 Å². The fraction of sp³-hybridized carbons (Fsp3) is 0.231. The zero-order chi connectivity index (χ0) is 15.6. The molecule has 0 radical (unpaired) electrons. The molecule has 1 aromatic heterocycles. The summed E-state index contributed by atoms with van der Waals surface area (Å²) >= 11 is 0.458. The maximum atomic E-state index is 12.7. The van der Waals surface area contributed by atoms with Crippen LogP contribution in [0.4, 0.5) is 24.0 Å². The molecule has 0 aliphatic heterocycles. The van der Waals surface area contributed by atoms with Crippen molar-refractivity contribution in [2.45, 2.75) is 19.5 Å². The van der Waals surface area contributed by atoms with Gasteiger partial charge in [-0.25, -0.2) is 9.78 Å². The van der Waals surface area contributed by atoms with Crippen molar-refractivity contribution in [3.8, 4) is 0 Å². The molecule has 0 aliphatic rings. The van der Waals surface area contributed by atoms with E-state index in [0.717, 1.165) is 12.0 Å². The first kappa shape index (κ1) is 15.3. The molecule has 0 saturated carbocycles. The monoisotopic (exact) mass is 316 g/mol. The molecule has 1 heterocycles. The maximum Gasteiger partial charge on any atom is 0.435 e. The minimum Gasteiger partial charge on any atom is -0.477 e. The molecule has 0 aliphatic carbocycles. The third-order valence-electron chi connectivity index (χ3n) is 2.70. The Morgan fingerprint density at radius 1 is 1.33 bits per heavy atom. The van der Waals surface area contributed by atoms with Crippen LogP contribution in [0.3, 0.4) is 0 Å². The number of aromatic carboxylic acids is 1. The van der Waals surface area contributed by atoms with Gasteiger partial charge in [-0.05, 0) is 24.1 Å².